The number of hydrogen-bond donors (Lipinski definition) is 4. The highest BCUT2D eigenvalue weighted by atomic mass is 19.1. The Kier molecular flexibility index (Phi) is 6.88. The summed E-state index contributed by atoms with van der Waals surface area (Å²) in [4.78, 5) is 11.6. The van der Waals surface area contributed by atoms with Gasteiger partial charge >= 0.3 is 6.09 Å². The van der Waals surface area contributed by atoms with Crippen molar-refractivity contribution in [1.82, 2.24) is 5.32 Å². The first-order valence-electron chi connectivity index (χ1n) is 7.71. The fourth-order valence-corrected chi connectivity index (χ4v) is 2.28. The molecule has 2 atom stereocenters. The second kappa shape index (κ2) is 9.12. The van der Waals surface area contributed by atoms with Crippen LogP contribution in [0.25, 0.3) is 0 Å². The van der Waals surface area contributed by atoms with Crippen LogP contribution in [0, 0.1) is 5.82 Å². The molecular formula is C18H20FNO5. The SMILES string of the molecule is O=C(NCC(O)C(O)c1ccc(F)cc1CO)OCc1ccccc1. The topological polar surface area (TPSA) is 99.0 Å². The van der Waals surface area contributed by atoms with Crippen LogP contribution in [0.1, 0.15) is 22.8 Å². The summed E-state index contributed by atoms with van der Waals surface area (Å²) in [6.07, 6.45) is -3.48. The third-order valence-electron chi connectivity index (χ3n) is 3.63. The van der Waals surface area contributed by atoms with E-state index in [4.69, 9.17) is 4.74 Å². The normalized spacial score (nSPS) is 13.1. The maximum atomic E-state index is 13.1. The molecule has 2 aromatic rings. The Morgan fingerprint density at radius 3 is 2.56 bits per heavy atom. The van der Waals surface area contributed by atoms with Crippen LogP contribution in [-0.4, -0.2) is 34.1 Å². The minimum atomic E-state index is -1.39. The Balaban J connectivity index is 1.84. The Morgan fingerprint density at radius 2 is 1.88 bits per heavy atom. The van der Waals surface area contributed by atoms with Gasteiger partial charge in [-0.2, -0.15) is 0 Å². The molecule has 2 aromatic carbocycles. The number of alkyl carbamates (subject to hydrolysis) is 1. The van der Waals surface area contributed by atoms with E-state index in [1.807, 2.05) is 18.2 Å². The van der Waals surface area contributed by atoms with E-state index in [1.54, 1.807) is 12.1 Å². The smallest absolute Gasteiger partial charge is 0.407 e. The lowest BCUT2D eigenvalue weighted by Crippen LogP contribution is -2.36. The zero-order valence-corrected chi connectivity index (χ0v) is 13.4. The number of nitrogens with one attached hydrogen (secondary N) is 1. The van der Waals surface area contributed by atoms with Gasteiger partial charge in [-0.15, -0.1) is 0 Å². The van der Waals surface area contributed by atoms with E-state index < -0.39 is 30.7 Å². The van der Waals surface area contributed by atoms with Crippen molar-refractivity contribution in [3.63, 3.8) is 0 Å². The Bertz CT molecular complexity index is 695. The lowest BCUT2D eigenvalue weighted by Gasteiger charge is -2.20. The summed E-state index contributed by atoms with van der Waals surface area (Å²) in [6.45, 7) is -0.668. The molecule has 6 nitrogen and oxygen atoms in total. The number of hydrogen-bond acceptors (Lipinski definition) is 5. The average Bonchev–Trinajstić information content (AvgIpc) is 2.64. The number of benzene rings is 2. The highest BCUT2D eigenvalue weighted by Gasteiger charge is 2.22. The summed E-state index contributed by atoms with van der Waals surface area (Å²) in [5.41, 5.74) is 1.17. The van der Waals surface area contributed by atoms with Crippen LogP contribution in [0.3, 0.4) is 0 Å². The van der Waals surface area contributed by atoms with Crippen LogP contribution in [0.2, 0.25) is 0 Å². The minimum absolute atomic E-state index is 0.0813. The molecule has 0 saturated carbocycles. The quantitative estimate of drug-likeness (QED) is 0.609. The maximum Gasteiger partial charge on any atom is 0.407 e. The van der Waals surface area contributed by atoms with Crippen LogP contribution in [0.15, 0.2) is 48.5 Å². The van der Waals surface area contributed by atoms with Crippen molar-refractivity contribution < 1.29 is 29.2 Å². The first-order valence-corrected chi connectivity index (χ1v) is 7.71. The van der Waals surface area contributed by atoms with Gasteiger partial charge in [0.1, 0.15) is 24.6 Å². The number of aliphatic hydroxyl groups excluding tert-OH is 3. The Hall–Kier alpha value is -2.48. The van der Waals surface area contributed by atoms with Gasteiger partial charge in [-0.3, -0.25) is 0 Å². The summed E-state index contributed by atoms with van der Waals surface area (Å²) >= 11 is 0. The molecule has 0 heterocycles. The largest absolute Gasteiger partial charge is 0.445 e. The second-order valence-electron chi connectivity index (χ2n) is 5.46. The third kappa shape index (κ3) is 5.53. The van der Waals surface area contributed by atoms with Gasteiger partial charge in [0.2, 0.25) is 0 Å². The van der Waals surface area contributed by atoms with E-state index in [0.717, 1.165) is 17.7 Å². The zero-order chi connectivity index (χ0) is 18.2. The van der Waals surface area contributed by atoms with Crippen molar-refractivity contribution in [2.75, 3.05) is 6.54 Å². The summed E-state index contributed by atoms with van der Waals surface area (Å²) in [6, 6.07) is 12.6. The standard InChI is InChI=1S/C18H20FNO5/c19-14-6-7-15(13(8-14)10-21)17(23)16(22)9-20-18(24)25-11-12-4-2-1-3-5-12/h1-8,16-17,21-23H,9-11H2,(H,20,24). The van der Waals surface area contributed by atoms with Gasteiger partial charge in [0.05, 0.1) is 6.61 Å². The summed E-state index contributed by atoms with van der Waals surface area (Å²) in [5, 5.41) is 31.7. The third-order valence-corrected chi connectivity index (χ3v) is 3.63. The van der Waals surface area contributed by atoms with E-state index in [-0.39, 0.29) is 24.3 Å². The molecule has 0 saturated heterocycles. The number of halogens is 1. The second-order valence-corrected chi connectivity index (χ2v) is 5.46. The van der Waals surface area contributed by atoms with Crippen molar-refractivity contribution in [1.29, 1.82) is 0 Å². The van der Waals surface area contributed by atoms with Crippen LogP contribution < -0.4 is 5.32 Å². The fourth-order valence-electron chi connectivity index (χ4n) is 2.28. The van der Waals surface area contributed by atoms with Gasteiger partial charge < -0.3 is 25.4 Å². The fraction of sp³-hybridized carbons (Fsp3) is 0.278. The van der Waals surface area contributed by atoms with Gasteiger partial charge in [0.25, 0.3) is 0 Å². The monoisotopic (exact) mass is 349 g/mol. The van der Waals surface area contributed by atoms with Crippen molar-refractivity contribution >= 4 is 6.09 Å². The zero-order valence-electron chi connectivity index (χ0n) is 13.4. The van der Waals surface area contributed by atoms with Crippen molar-refractivity contribution in [2.24, 2.45) is 0 Å². The summed E-state index contributed by atoms with van der Waals surface area (Å²) in [5.74, 6) is -0.558. The van der Waals surface area contributed by atoms with Crippen molar-refractivity contribution in [3.05, 3.63) is 71.0 Å². The van der Waals surface area contributed by atoms with E-state index in [1.165, 1.54) is 6.07 Å². The first-order chi connectivity index (χ1) is 12.0. The van der Waals surface area contributed by atoms with E-state index in [9.17, 15) is 24.5 Å². The molecular weight excluding hydrogens is 329 g/mol. The molecule has 4 N–H and O–H groups in total. The molecule has 0 spiro atoms. The molecule has 0 aromatic heterocycles. The lowest BCUT2D eigenvalue weighted by atomic mass is 9.98. The number of ether oxygens (including phenoxy) is 1. The molecule has 0 aliphatic carbocycles. The van der Waals surface area contributed by atoms with Crippen LogP contribution in [-0.2, 0) is 18.0 Å². The van der Waals surface area contributed by atoms with E-state index >= 15 is 0 Å². The summed E-state index contributed by atoms with van der Waals surface area (Å²) < 4.78 is 18.1. The molecule has 2 unspecified atom stereocenters. The minimum Gasteiger partial charge on any atom is -0.445 e. The van der Waals surface area contributed by atoms with Crippen LogP contribution in [0.4, 0.5) is 9.18 Å². The molecule has 2 rings (SSSR count). The summed E-state index contributed by atoms with van der Waals surface area (Å²) in [7, 11) is 0. The average molecular weight is 349 g/mol. The maximum absolute atomic E-state index is 13.1. The molecule has 7 heteroatoms. The van der Waals surface area contributed by atoms with Crippen LogP contribution in [0.5, 0.6) is 0 Å². The van der Waals surface area contributed by atoms with Crippen LogP contribution >= 0.6 is 0 Å². The molecule has 25 heavy (non-hydrogen) atoms. The van der Waals surface area contributed by atoms with E-state index in [0.29, 0.717) is 0 Å². The number of amides is 1. The highest BCUT2D eigenvalue weighted by molar-refractivity contribution is 5.67. The molecule has 1 amide bonds. The number of rotatable bonds is 7. The predicted octanol–water partition coefficient (Wildman–Crippen LogP) is 1.64. The van der Waals surface area contributed by atoms with Gasteiger partial charge in [-0.05, 0) is 28.8 Å². The molecule has 134 valence electrons. The molecule has 0 aliphatic heterocycles. The molecule has 0 radical (unpaired) electrons. The molecule has 0 fully saturated rings. The van der Waals surface area contributed by atoms with E-state index in [2.05, 4.69) is 5.32 Å². The number of aliphatic hydroxyl groups is 3. The first kappa shape index (κ1) is 18.9. The predicted molar refractivity (Wildman–Crippen MR) is 87.9 cm³/mol. The Labute approximate surface area is 144 Å². The lowest BCUT2D eigenvalue weighted by molar-refractivity contribution is 0.0172. The Morgan fingerprint density at radius 1 is 1.16 bits per heavy atom. The number of carbonyl (C=O) groups is 1. The highest BCUT2D eigenvalue weighted by Crippen LogP contribution is 2.22. The van der Waals surface area contributed by atoms with Crippen molar-refractivity contribution in [2.45, 2.75) is 25.4 Å². The molecule has 0 bridgehead atoms. The van der Waals surface area contributed by atoms with Gasteiger partial charge in [-0.25, -0.2) is 9.18 Å². The van der Waals surface area contributed by atoms with Crippen molar-refractivity contribution in [3.8, 4) is 0 Å². The number of carbonyl (C=O) groups excluding carboxylic acids is 1. The van der Waals surface area contributed by atoms with Gasteiger partial charge in [0, 0.05) is 6.54 Å². The molecule has 0 aliphatic rings. The van der Waals surface area contributed by atoms with Gasteiger partial charge in [0.15, 0.2) is 0 Å². The van der Waals surface area contributed by atoms with Gasteiger partial charge in [-0.1, -0.05) is 36.4 Å².